The minimum absolute atomic E-state index is 0.176. The molecule has 0 spiro atoms. The number of H-pyrrole nitrogens is 1. The van der Waals surface area contributed by atoms with Crippen LogP contribution in [0.5, 0.6) is 5.75 Å². The predicted molar refractivity (Wildman–Crippen MR) is 91.4 cm³/mol. The average molecular weight is 336 g/mol. The number of rotatable bonds is 0. The van der Waals surface area contributed by atoms with Gasteiger partial charge in [0.05, 0.1) is 11.1 Å². The molecule has 1 aliphatic heterocycles. The summed E-state index contributed by atoms with van der Waals surface area (Å²) in [6.45, 7) is 0.517. The van der Waals surface area contributed by atoms with Crippen LogP contribution in [0.15, 0.2) is 48.7 Å². The van der Waals surface area contributed by atoms with Crippen LogP contribution in [0.1, 0.15) is 26.3 Å². The molecule has 0 fully saturated rings. The monoisotopic (exact) mass is 336 g/mol. The number of hydroxylamine groups is 2. The Balaban J connectivity index is 1.87. The third-order valence-corrected chi connectivity index (χ3v) is 4.25. The second-order valence-electron chi connectivity index (χ2n) is 5.91. The standard InChI is InChI=1S/C19H16N2O4/c1-21-10-9-12-11-20-15-7-4-8-16(17(12)15)24-18(22)13-5-2-3-6-14(13)19(23)25-21/h2-8,11,20H,9-10H2,1H3. The van der Waals surface area contributed by atoms with E-state index >= 15 is 0 Å². The molecule has 1 aromatic heterocycles. The highest BCUT2D eigenvalue weighted by Gasteiger charge is 2.23. The van der Waals surface area contributed by atoms with E-state index in [1.165, 1.54) is 5.06 Å². The maximum absolute atomic E-state index is 12.7. The molecule has 1 aliphatic rings. The number of fused-ring (bicyclic) bond motifs is 1. The third-order valence-electron chi connectivity index (χ3n) is 4.25. The van der Waals surface area contributed by atoms with Crippen LogP contribution >= 0.6 is 0 Å². The average Bonchev–Trinajstić information content (AvgIpc) is 3.03. The van der Waals surface area contributed by atoms with Crippen molar-refractivity contribution in [1.82, 2.24) is 10.0 Å². The van der Waals surface area contributed by atoms with E-state index in [0.29, 0.717) is 18.7 Å². The van der Waals surface area contributed by atoms with Crippen LogP contribution in [-0.2, 0) is 11.3 Å². The van der Waals surface area contributed by atoms with Crippen molar-refractivity contribution in [3.63, 3.8) is 0 Å². The largest absolute Gasteiger partial charge is 0.422 e. The zero-order chi connectivity index (χ0) is 17.4. The van der Waals surface area contributed by atoms with Gasteiger partial charge in [-0.3, -0.25) is 0 Å². The number of aromatic amines is 1. The number of carbonyl (C=O) groups excluding carboxylic acids is 2. The van der Waals surface area contributed by atoms with E-state index in [4.69, 9.17) is 9.57 Å². The van der Waals surface area contributed by atoms with E-state index in [1.807, 2.05) is 18.3 Å². The van der Waals surface area contributed by atoms with Crippen LogP contribution in [0.3, 0.4) is 0 Å². The number of benzene rings is 2. The molecular weight excluding hydrogens is 320 g/mol. The van der Waals surface area contributed by atoms with Crippen molar-refractivity contribution < 1.29 is 19.2 Å². The third kappa shape index (κ3) is 2.77. The minimum atomic E-state index is -0.588. The van der Waals surface area contributed by atoms with Gasteiger partial charge in [-0.05, 0) is 36.2 Å². The van der Waals surface area contributed by atoms with Crippen molar-refractivity contribution >= 4 is 22.8 Å². The summed E-state index contributed by atoms with van der Waals surface area (Å²) in [6, 6.07) is 12.0. The van der Waals surface area contributed by atoms with E-state index in [-0.39, 0.29) is 11.1 Å². The van der Waals surface area contributed by atoms with Crippen LogP contribution in [0.2, 0.25) is 0 Å². The normalized spacial score (nSPS) is 15.7. The van der Waals surface area contributed by atoms with Gasteiger partial charge in [-0.1, -0.05) is 18.2 Å². The quantitative estimate of drug-likeness (QED) is 0.505. The predicted octanol–water partition coefficient (Wildman–Crippen LogP) is 2.95. The fourth-order valence-electron chi connectivity index (χ4n) is 3.01. The van der Waals surface area contributed by atoms with Crippen LogP contribution in [0.4, 0.5) is 0 Å². The lowest BCUT2D eigenvalue weighted by Crippen LogP contribution is -2.27. The van der Waals surface area contributed by atoms with E-state index in [1.54, 1.807) is 37.4 Å². The molecule has 0 atom stereocenters. The minimum Gasteiger partial charge on any atom is -0.422 e. The van der Waals surface area contributed by atoms with Gasteiger partial charge in [0.1, 0.15) is 5.75 Å². The highest BCUT2D eigenvalue weighted by Crippen LogP contribution is 2.30. The van der Waals surface area contributed by atoms with Crippen molar-refractivity contribution in [2.24, 2.45) is 0 Å². The molecule has 6 heteroatoms. The van der Waals surface area contributed by atoms with Gasteiger partial charge in [-0.2, -0.15) is 0 Å². The number of hydrogen-bond acceptors (Lipinski definition) is 5. The molecule has 126 valence electrons. The first kappa shape index (κ1) is 15.4. The molecule has 0 saturated carbocycles. The topological polar surface area (TPSA) is 71.6 Å². The Labute approximate surface area is 143 Å². The summed E-state index contributed by atoms with van der Waals surface area (Å²) in [5, 5.41) is 2.35. The van der Waals surface area contributed by atoms with E-state index in [9.17, 15) is 9.59 Å². The van der Waals surface area contributed by atoms with Gasteiger partial charge in [0.15, 0.2) is 0 Å². The van der Waals surface area contributed by atoms with E-state index < -0.39 is 11.9 Å². The van der Waals surface area contributed by atoms with E-state index in [0.717, 1.165) is 16.5 Å². The number of likely N-dealkylation sites (N-methyl/N-ethyl adjacent to an activating group) is 1. The zero-order valence-electron chi connectivity index (χ0n) is 13.6. The molecule has 0 aliphatic carbocycles. The Morgan fingerprint density at radius 3 is 2.56 bits per heavy atom. The van der Waals surface area contributed by atoms with Gasteiger partial charge in [0, 0.05) is 30.7 Å². The zero-order valence-corrected chi connectivity index (χ0v) is 13.6. The first-order chi connectivity index (χ1) is 12.1. The first-order valence-corrected chi connectivity index (χ1v) is 7.97. The summed E-state index contributed by atoms with van der Waals surface area (Å²) in [6.07, 6.45) is 2.53. The molecule has 2 aromatic carbocycles. The van der Waals surface area contributed by atoms with Gasteiger partial charge >= 0.3 is 11.9 Å². The lowest BCUT2D eigenvalue weighted by molar-refractivity contribution is -0.0894. The molecule has 0 radical (unpaired) electrons. The second-order valence-corrected chi connectivity index (χ2v) is 5.91. The summed E-state index contributed by atoms with van der Waals surface area (Å²) in [5.74, 6) is -0.691. The number of nitrogens with one attached hydrogen (secondary N) is 1. The van der Waals surface area contributed by atoms with Gasteiger partial charge in [-0.25, -0.2) is 9.59 Å². The fourth-order valence-corrected chi connectivity index (χ4v) is 3.01. The van der Waals surface area contributed by atoms with Crippen molar-refractivity contribution in [1.29, 1.82) is 0 Å². The van der Waals surface area contributed by atoms with Crippen LogP contribution < -0.4 is 4.74 Å². The smallest absolute Gasteiger partial charge is 0.357 e. The van der Waals surface area contributed by atoms with Crippen molar-refractivity contribution in [2.45, 2.75) is 6.42 Å². The number of ether oxygens (including phenoxy) is 1. The maximum Gasteiger partial charge on any atom is 0.357 e. The van der Waals surface area contributed by atoms with Crippen molar-refractivity contribution in [3.8, 4) is 5.75 Å². The van der Waals surface area contributed by atoms with Gasteiger partial charge < -0.3 is 14.6 Å². The lowest BCUT2D eigenvalue weighted by Gasteiger charge is -2.18. The van der Waals surface area contributed by atoms with Gasteiger partial charge in [-0.15, -0.1) is 5.06 Å². The second kappa shape index (κ2) is 6.07. The van der Waals surface area contributed by atoms with Crippen LogP contribution in [-0.4, -0.2) is 35.6 Å². The first-order valence-electron chi connectivity index (χ1n) is 7.97. The van der Waals surface area contributed by atoms with Crippen molar-refractivity contribution in [2.75, 3.05) is 13.6 Å². The highest BCUT2D eigenvalue weighted by molar-refractivity contribution is 6.04. The Hall–Kier alpha value is -3.12. The molecular formula is C19H16N2O4. The molecule has 25 heavy (non-hydrogen) atoms. The number of esters is 1. The number of carbonyl (C=O) groups is 2. The van der Waals surface area contributed by atoms with Gasteiger partial charge in [0.2, 0.25) is 0 Å². The summed E-state index contributed by atoms with van der Waals surface area (Å²) < 4.78 is 5.62. The molecule has 0 saturated heterocycles. The molecule has 0 amide bonds. The summed E-state index contributed by atoms with van der Waals surface area (Å²) in [5.41, 5.74) is 2.25. The highest BCUT2D eigenvalue weighted by atomic mass is 16.7. The number of aromatic nitrogens is 1. The van der Waals surface area contributed by atoms with Crippen molar-refractivity contribution in [3.05, 3.63) is 65.4 Å². The Morgan fingerprint density at radius 2 is 1.76 bits per heavy atom. The van der Waals surface area contributed by atoms with Gasteiger partial charge in [0.25, 0.3) is 0 Å². The molecule has 0 unspecified atom stereocenters. The summed E-state index contributed by atoms with van der Waals surface area (Å²) in [4.78, 5) is 33.6. The van der Waals surface area contributed by atoms with Crippen LogP contribution in [0.25, 0.3) is 10.9 Å². The Bertz CT molecular complexity index is 976. The lowest BCUT2D eigenvalue weighted by atomic mass is 10.1. The summed E-state index contributed by atoms with van der Waals surface area (Å²) in [7, 11) is 1.69. The molecule has 6 nitrogen and oxygen atoms in total. The Kier molecular flexibility index (Phi) is 3.74. The molecule has 1 N–H and O–H groups in total. The molecule has 0 bridgehead atoms. The fraction of sp³-hybridized carbons (Fsp3) is 0.158. The molecule has 4 rings (SSSR count). The summed E-state index contributed by atoms with van der Waals surface area (Å²) >= 11 is 0. The Morgan fingerprint density at radius 1 is 1.00 bits per heavy atom. The van der Waals surface area contributed by atoms with E-state index in [2.05, 4.69) is 4.98 Å². The van der Waals surface area contributed by atoms with Crippen LogP contribution in [0, 0.1) is 0 Å². The number of hydrogen-bond donors (Lipinski definition) is 1. The number of nitrogens with zero attached hydrogens (tertiary/aromatic N) is 1. The SMILES string of the molecule is CN1CCc2c[nH]c3cccc(c23)OC(=O)c2ccccc2C(=O)O1. The molecule has 3 aromatic rings. The maximum atomic E-state index is 12.7. The molecule has 2 heterocycles.